The predicted octanol–water partition coefficient (Wildman–Crippen LogP) is 3.03. The SMILES string of the molecule is O=C(O)/C=C/c1cccc(NC(=O)Cc2ccsc2)c1. The average molecular weight is 287 g/mol. The first kappa shape index (κ1) is 14.0. The number of thiophene rings is 1. The van der Waals surface area contributed by atoms with E-state index in [1.165, 1.54) is 6.08 Å². The van der Waals surface area contributed by atoms with Crippen LogP contribution in [0.3, 0.4) is 0 Å². The number of hydrogen-bond donors (Lipinski definition) is 2. The molecule has 1 heterocycles. The van der Waals surface area contributed by atoms with E-state index in [-0.39, 0.29) is 5.91 Å². The first-order chi connectivity index (χ1) is 9.63. The zero-order chi connectivity index (χ0) is 14.4. The van der Waals surface area contributed by atoms with Crippen LogP contribution in [-0.2, 0) is 16.0 Å². The van der Waals surface area contributed by atoms with Crippen molar-refractivity contribution in [1.29, 1.82) is 0 Å². The zero-order valence-corrected chi connectivity index (χ0v) is 11.4. The largest absolute Gasteiger partial charge is 0.478 e. The van der Waals surface area contributed by atoms with E-state index in [0.717, 1.165) is 17.2 Å². The molecule has 0 fully saturated rings. The van der Waals surface area contributed by atoms with E-state index < -0.39 is 5.97 Å². The number of carbonyl (C=O) groups excluding carboxylic acids is 1. The molecule has 0 aliphatic carbocycles. The molecular formula is C15H13NO3S. The lowest BCUT2D eigenvalue weighted by atomic mass is 10.1. The van der Waals surface area contributed by atoms with Gasteiger partial charge >= 0.3 is 5.97 Å². The number of anilines is 1. The number of nitrogens with one attached hydrogen (secondary N) is 1. The number of carbonyl (C=O) groups is 2. The molecule has 0 aliphatic heterocycles. The van der Waals surface area contributed by atoms with Crippen molar-refractivity contribution in [1.82, 2.24) is 0 Å². The molecule has 0 bridgehead atoms. The average Bonchev–Trinajstić information content (AvgIpc) is 2.89. The fourth-order valence-electron chi connectivity index (χ4n) is 1.67. The van der Waals surface area contributed by atoms with Crippen LogP contribution in [0.1, 0.15) is 11.1 Å². The number of carboxylic acid groups (broad SMARTS) is 1. The van der Waals surface area contributed by atoms with Gasteiger partial charge in [0, 0.05) is 11.8 Å². The quantitative estimate of drug-likeness (QED) is 0.831. The molecule has 0 unspecified atom stereocenters. The van der Waals surface area contributed by atoms with Gasteiger partial charge < -0.3 is 10.4 Å². The third kappa shape index (κ3) is 4.37. The van der Waals surface area contributed by atoms with Crippen LogP contribution in [0, 0.1) is 0 Å². The van der Waals surface area contributed by atoms with Gasteiger partial charge in [0.25, 0.3) is 0 Å². The summed E-state index contributed by atoms with van der Waals surface area (Å²) in [6, 6.07) is 8.94. The van der Waals surface area contributed by atoms with Crippen molar-refractivity contribution in [3.8, 4) is 0 Å². The summed E-state index contributed by atoms with van der Waals surface area (Å²) >= 11 is 1.55. The highest BCUT2D eigenvalue weighted by Crippen LogP contribution is 2.13. The van der Waals surface area contributed by atoms with E-state index in [4.69, 9.17) is 5.11 Å². The Morgan fingerprint density at radius 3 is 2.85 bits per heavy atom. The molecule has 0 saturated carbocycles. The Bertz CT molecular complexity index is 632. The molecular weight excluding hydrogens is 274 g/mol. The molecule has 102 valence electrons. The van der Waals surface area contributed by atoms with Crippen molar-refractivity contribution in [3.63, 3.8) is 0 Å². The first-order valence-corrected chi connectivity index (χ1v) is 6.90. The molecule has 2 rings (SSSR count). The van der Waals surface area contributed by atoms with E-state index in [0.29, 0.717) is 12.1 Å². The van der Waals surface area contributed by atoms with E-state index >= 15 is 0 Å². The van der Waals surface area contributed by atoms with E-state index in [1.54, 1.807) is 35.6 Å². The van der Waals surface area contributed by atoms with Crippen LogP contribution in [0.25, 0.3) is 6.08 Å². The summed E-state index contributed by atoms with van der Waals surface area (Å²) in [6.07, 6.45) is 2.88. The summed E-state index contributed by atoms with van der Waals surface area (Å²) in [5.74, 6) is -1.10. The van der Waals surface area contributed by atoms with Gasteiger partial charge in [-0.2, -0.15) is 11.3 Å². The molecule has 0 atom stereocenters. The second-order valence-electron chi connectivity index (χ2n) is 4.15. The minimum absolute atomic E-state index is 0.0947. The Morgan fingerprint density at radius 2 is 2.15 bits per heavy atom. The lowest BCUT2D eigenvalue weighted by Gasteiger charge is -2.05. The molecule has 5 heteroatoms. The summed E-state index contributed by atoms with van der Waals surface area (Å²) in [4.78, 5) is 22.3. The molecule has 1 aromatic carbocycles. The van der Waals surface area contributed by atoms with Gasteiger partial charge in [-0.3, -0.25) is 4.79 Å². The lowest BCUT2D eigenvalue weighted by Crippen LogP contribution is -2.13. The van der Waals surface area contributed by atoms with E-state index in [1.807, 2.05) is 16.8 Å². The second-order valence-corrected chi connectivity index (χ2v) is 4.93. The highest BCUT2D eigenvalue weighted by atomic mass is 32.1. The smallest absolute Gasteiger partial charge is 0.328 e. The minimum atomic E-state index is -1.00. The standard InChI is InChI=1S/C15H13NO3S/c17-14(9-12-6-7-20-10-12)16-13-3-1-2-11(8-13)4-5-15(18)19/h1-8,10H,9H2,(H,16,17)(H,18,19)/b5-4+. The van der Waals surface area contributed by atoms with Crippen molar-refractivity contribution >= 4 is 35.0 Å². The molecule has 0 spiro atoms. The maximum Gasteiger partial charge on any atom is 0.328 e. The fourth-order valence-corrected chi connectivity index (χ4v) is 2.34. The molecule has 2 N–H and O–H groups in total. The van der Waals surface area contributed by atoms with Crippen molar-refractivity contribution in [2.45, 2.75) is 6.42 Å². The van der Waals surface area contributed by atoms with Crippen LogP contribution >= 0.6 is 11.3 Å². The highest BCUT2D eigenvalue weighted by Gasteiger charge is 2.04. The lowest BCUT2D eigenvalue weighted by molar-refractivity contribution is -0.131. The Kier molecular flexibility index (Phi) is 4.68. The summed E-state index contributed by atoms with van der Waals surface area (Å²) in [6.45, 7) is 0. The van der Waals surface area contributed by atoms with Gasteiger partial charge in [-0.05, 0) is 46.2 Å². The Labute approximate surface area is 120 Å². The molecule has 1 aromatic heterocycles. The molecule has 0 saturated heterocycles. The van der Waals surface area contributed by atoms with E-state index in [9.17, 15) is 9.59 Å². The van der Waals surface area contributed by atoms with Gasteiger partial charge in [-0.15, -0.1) is 0 Å². The van der Waals surface area contributed by atoms with Gasteiger partial charge in [0.15, 0.2) is 0 Å². The Hall–Kier alpha value is -2.40. The van der Waals surface area contributed by atoms with Crippen LogP contribution in [0.5, 0.6) is 0 Å². The van der Waals surface area contributed by atoms with Gasteiger partial charge in [0.2, 0.25) is 5.91 Å². The monoisotopic (exact) mass is 287 g/mol. The van der Waals surface area contributed by atoms with Crippen LogP contribution in [0.2, 0.25) is 0 Å². The van der Waals surface area contributed by atoms with Gasteiger partial charge in [0.05, 0.1) is 6.42 Å². The molecule has 20 heavy (non-hydrogen) atoms. The van der Waals surface area contributed by atoms with Crippen molar-refractivity contribution in [2.24, 2.45) is 0 Å². The normalized spacial score (nSPS) is 10.6. The first-order valence-electron chi connectivity index (χ1n) is 5.95. The molecule has 0 radical (unpaired) electrons. The number of rotatable bonds is 5. The third-order valence-corrected chi connectivity index (χ3v) is 3.27. The molecule has 4 nitrogen and oxygen atoms in total. The van der Waals surface area contributed by atoms with Crippen molar-refractivity contribution in [3.05, 3.63) is 58.3 Å². The second kappa shape index (κ2) is 6.68. The summed E-state index contributed by atoms with van der Waals surface area (Å²) in [5, 5.41) is 15.2. The van der Waals surface area contributed by atoms with Crippen LogP contribution < -0.4 is 5.32 Å². The molecule has 2 aromatic rings. The van der Waals surface area contributed by atoms with Crippen LogP contribution in [-0.4, -0.2) is 17.0 Å². The predicted molar refractivity (Wildman–Crippen MR) is 79.8 cm³/mol. The zero-order valence-electron chi connectivity index (χ0n) is 10.6. The van der Waals surface area contributed by atoms with Crippen molar-refractivity contribution in [2.75, 3.05) is 5.32 Å². The molecule has 1 amide bonds. The Morgan fingerprint density at radius 1 is 1.30 bits per heavy atom. The van der Waals surface area contributed by atoms with Gasteiger partial charge in [-0.25, -0.2) is 4.79 Å². The third-order valence-electron chi connectivity index (χ3n) is 2.53. The summed E-state index contributed by atoms with van der Waals surface area (Å²) in [5.41, 5.74) is 2.35. The topological polar surface area (TPSA) is 66.4 Å². The number of benzene rings is 1. The number of hydrogen-bond acceptors (Lipinski definition) is 3. The number of aliphatic carboxylic acids is 1. The van der Waals surface area contributed by atoms with Gasteiger partial charge in [0.1, 0.15) is 0 Å². The fraction of sp³-hybridized carbons (Fsp3) is 0.0667. The maximum atomic E-state index is 11.8. The maximum absolute atomic E-state index is 11.8. The Balaban J connectivity index is 2.00. The highest BCUT2D eigenvalue weighted by molar-refractivity contribution is 7.08. The number of amides is 1. The number of carboxylic acids is 1. The van der Waals surface area contributed by atoms with Crippen LogP contribution in [0.15, 0.2) is 47.2 Å². The molecule has 0 aliphatic rings. The van der Waals surface area contributed by atoms with Gasteiger partial charge in [-0.1, -0.05) is 12.1 Å². The minimum Gasteiger partial charge on any atom is -0.478 e. The van der Waals surface area contributed by atoms with E-state index in [2.05, 4.69) is 5.32 Å². The summed E-state index contributed by atoms with van der Waals surface area (Å²) < 4.78 is 0. The van der Waals surface area contributed by atoms with Crippen molar-refractivity contribution < 1.29 is 14.7 Å². The summed E-state index contributed by atoms with van der Waals surface area (Å²) in [7, 11) is 0. The van der Waals surface area contributed by atoms with Crippen LogP contribution in [0.4, 0.5) is 5.69 Å².